The van der Waals surface area contributed by atoms with Gasteiger partial charge in [0.25, 0.3) is 0 Å². The van der Waals surface area contributed by atoms with Crippen LogP contribution in [0.4, 0.5) is 4.39 Å². The number of fused-ring (bicyclic) bond motifs is 1. The summed E-state index contributed by atoms with van der Waals surface area (Å²) >= 11 is 5.96. The van der Waals surface area contributed by atoms with Crippen LogP contribution in [0.1, 0.15) is 18.4 Å². The molecule has 3 fully saturated rings. The van der Waals surface area contributed by atoms with Gasteiger partial charge in [-0.25, -0.2) is 4.39 Å². The lowest BCUT2D eigenvalue weighted by atomic mass is 9.74. The number of aliphatic hydroxyl groups is 1. The summed E-state index contributed by atoms with van der Waals surface area (Å²) in [6.45, 7) is 2.44. The summed E-state index contributed by atoms with van der Waals surface area (Å²) in [5, 5.41) is 10.2. The molecule has 0 aromatic heterocycles. The van der Waals surface area contributed by atoms with Crippen molar-refractivity contribution >= 4 is 11.6 Å². The van der Waals surface area contributed by atoms with E-state index in [1.807, 2.05) is 0 Å². The summed E-state index contributed by atoms with van der Waals surface area (Å²) in [6.07, 6.45) is 2.33. The van der Waals surface area contributed by atoms with Gasteiger partial charge in [-0.15, -0.1) is 0 Å². The summed E-state index contributed by atoms with van der Waals surface area (Å²) in [6, 6.07) is 4.69. The Bertz CT molecular complexity index is 569. The molecule has 0 amide bonds. The van der Waals surface area contributed by atoms with Gasteiger partial charge >= 0.3 is 0 Å². The van der Waals surface area contributed by atoms with E-state index in [1.165, 1.54) is 6.07 Å². The van der Waals surface area contributed by atoms with Crippen molar-refractivity contribution in [3.05, 3.63) is 34.6 Å². The van der Waals surface area contributed by atoms with Gasteiger partial charge in [-0.05, 0) is 31.0 Å². The van der Waals surface area contributed by atoms with E-state index >= 15 is 0 Å². The van der Waals surface area contributed by atoms with Crippen LogP contribution in [0.3, 0.4) is 0 Å². The van der Waals surface area contributed by atoms with Gasteiger partial charge in [-0.3, -0.25) is 4.90 Å². The number of rotatable bonds is 3. The van der Waals surface area contributed by atoms with E-state index in [2.05, 4.69) is 4.90 Å². The number of benzene rings is 1. The maximum atomic E-state index is 13.9. The summed E-state index contributed by atoms with van der Waals surface area (Å²) in [4.78, 5) is 2.24. The maximum absolute atomic E-state index is 13.9. The third-order valence-corrected chi connectivity index (χ3v) is 5.70. The lowest BCUT2D eigenvalue weighted by Gasteiger charge is -2.28. The van der Waals surface area contributed by atoms with Crippen LogP contribution in [-0.4, -0.2) is 41.4 Å². The number of ether oxygens (including phenoxy) is 1. The van der Waals surface area contributed by atoms with Crippen LogP contribution in [0.15, 0.2) is 18.2 Å². The molecule has 1 aromatic rings. The number of aliphatic hydroxyl groups excluding tert-OH is 1. The van der Waals surface area contributed by atoms with E-state index in [1.54, 1.807) is 12.1 Å². The van der Waals surface area contributed by atoms with Crippen LogP contribution in [-0.2, 0) is 11.3 Å². The molecule has 0 radical (unpaired) electrons. The lowest BCUT2D eigenvalue weighted by Crippen LogP contribution is -2.37. The highest BCUT2D eigenvalue weighted by Crippen LogP contribution is 2.54. The number of likely N-dealkylation sites (tertiary alicyclic amines) is 1. The minimum absolute atomic E-state index is 0.104. The van der Waals surface area contributed by atoms with Crippen molar-refractivity contribution in [3.63, 3.8) is 0 Å². The normalized spacial score (nSPS) is 38.1. The zero-order chi connectivity index (χ0) is 14.6. The first-order chi connectivity index (χ1) is 10.1. The molecule has 0 unspecified atom stereocenters. The number of nitrogens with zero attached hydrogens (tertiary/aromatic N) is 1. The van der Waals surface area contributed by atoms with E-state index in [4.69, 9.17) is 16.3 Å². The van der Waals surface area contributed by atoms with Gasteiger partial charge in [0.15, 0.2) is 0 Å². The van der Waals surface area contributed by atoms with Crippen molar-refractivity contribution in [2.24, 2.45) is 11.8 Å². The molecule has 0 aliphatic carbocycles. The summed E-state index contributed by atoms with van der Waals surface area (Å²) in [7, 11) is 0. The predicted octanol–water partition coefficient (Wildman–Crippen LogP) is 2.45. The molecule has 1 N–H and O–H groups in total. The molecule has 0 saturated carbocycles. The topological polar surface area (TPSA) is 32.7 Å². The third-order valence-electron chi connectivity index (χ3n) is 5.47. The van der Waals surface area contributed by atoms with E-state index in [0.29, 0.717) is 23.0 Å². The molecule has 21 heavy (non-hydrogen) atoms. The van der Waals surface area contributed by atoms with Crippen molar-refractivity contribution in [3.8, 4) is 0 Å². The smallest absolute Gasteiger partial charge is 0.127 e. The van der Waals surface area contributed by atoms with Crippen LogP contribution < -0.4 is 0 Å². The van der Waals surface area contributed by atoms with Gasteiger partial charge in [-0.2, -0.15) is 0 Å². The molecule has 4 atom stereocenters. The number of hydrogen-bond donors (Lipinski definition) is 1. The van der Waals surface area contributed by atoms with Gasteiger partial charge in [0.05, 0.1) is 11.7 Å². The van der Waals surface area contributed by atoms with Crippen molar-refractivity contribution in [2.75, 3.05) is 19.7 Å². The van der Waals surface area contributed by atoms with Crippen LogP contribution in [0.5, 0.6) is 0 Å². The van der Waals surface area contributed by atoms with Gasteiger partial charge < -0.3 is 9.84 Å². The Morgan fingerprint density at radius 3 is 3.14 bits per heavy atom. The van der Waals surface area contributed by atoms with Gasteiger partial charge in [-0.1, -0.05) is 11.6 Å². The summed E-state index contributed by atoms with van der Waals surface area (Å²) < 4.78 is 20.1. The van der Waals surface area contributed by atoms with E-state index in [-0.39, 0.29) is 30.0 Å². The Kier molecular flexibility index (Phi) is 3.26. The first-order valence-corrected chi connectivity index (χ1v) is 7.94. The third kappa shape index (κ3) is 2.12. The fourth-order valence-electron chi connectivity index (χ4n) is 4.56. The molecule has 2 bridgehead atoms. The Morgan fingerprint density at radius 2 is 2.33 bits per heavy atom. The average Bonchev–Trinajstić information content (AvgIpc) is 3.09. The quantitative estimate of drug-likeness (QED) is 0.931. The molecule has 1 spiro atoms. The Labute approximate surface area is 128 Å². The maximum Gasteiger partial charge on any atom is 0.127 e. The fraction of sp³-hybridized carbons (Fsp3) is 0.625. The molecule has 5 heteroatoms. The van der Waals surface area contributed by atoms with E-state index < -0.39 is 0 Å². The second-order valence-corrected chi connectivity index (χ2v) is 7.05. The van der Waals surface area contributed by atoms with Gasteiger partial charge in [0.1, 0.15) is 5.82 Å². The minimum Gasteiger partial charge on any atom is -0.396 e. The Hall–Kier alpha value is -0.680. The van der Waals surface area contributed by atoms with Crippen molar-refractivity contribution in [1.29, 1.82) is 0 Å². The second-order valence-electron chi connectivity index (χ2n) is 6.62. The number of halogens is 2. The van der Waals surface area contributed by atoms with E-state index in [0.717, 1.165) is 25.9 Å². The van der Waals surface area contributed by atoms with Crippen molar-refractivity contribution < 1.29 is 14.2 Å². The zero-order valence-electron chi connectivity index (χ0n) is 11.8. The molecule has 3 aliphatic heterocycles. The summed E-state index contributed by atoms with van der Waals surface area (Å²) in [5.74, 6) is 0.411. The first kappa shape index (κ1) is 13.9. The molecule has 3 heterocycles. The lowest BCUT2D eigenvalue weighted by molar-refractivity contribution is 0.000301. The Balaban J connectivity index is 1.53. The van der Waals surface area contributed by atoms with Crippen LogP contribution >= 0.6 is 11.6 Å². The molecule has 3 aliphatic rings. The van der Waals surface area contributed by atoms with Gasteiger partial charge in [0.2, 0.25) is 0 Å². The van der Waals surface area contributed by atoms with Crippen LogP contribution in [0.2, 0.25) is 5.02 Å². The molecule has 114 valence electrons. The van der Waals surface area contributed by atoms with Gasteiger partial charge in [0, 0.05) is 48.7 Å². The molecule has 3 nitrogen and oxygen atoms in total. The molecule has 3 saturated heterocycles. The SMILES string of the molecule is OC[C@H]1[C@H]2CN(Cc3cc(Cl)ccc3F)C[C@]23CC[C@H]1O3. The highest BCUT2D eigenvalue weighted by Gasteiger charge is 2.62. The molecular weight excluding hydrogens is 293 g/mol. The predicted molar refractivity (Wildman–Crippen MR) is 77.6 cm³/mol. The van der Waals surface area contributed by atoms with Crippen molar-refractivity contribution in [2.45, 2.75) is 31.1 Å². The fourth-order valence-corrected chi connectivity index (χ4v) is 4.75. The standard InChI is InChI=1S/C16H19ClFNO2/c17-11-1-2-14(18)10(5-11)6-19-7-13-12(8-20)15-3-4-16(13,9-19)21-15/h1-2,5,12-13,15,20H,3-4,6-9H2/t12-,13+,15+,16+/m0/s1. The van der Waals surface area contributed by atoms with Crippen LogP contribution in [0, 0.1) is 17.7 Å². The van der Waals surface area contributed by atoms with Crippen molar-refractivity contribution in [1.82, 2.24) is 4.90 Å². The number of hydrogen-bond acceptors (Lipinski definition) is 3. The summed E-state index contributed by atoms with van der Waals surface area (Å²) in [5.41, 5.74) is 0.529. The average molecular weight is 312 g/mol. The minimum atomic E-state index is -0.210. The second kappa shape index (κ2) is 4.92. The monoisotopic (exact) mass is 311 g/mol. The highest BCUT2D eigenvalue weighted by molar-refractivity contribution is 6.30. The zero-order valence-corrected chi connectivity index (χ0v) is 12.5. The Morgan fingerprint density at radius 1 is 1.48 bits per heavy atom. The molecule has 1 aromatic carbocycles. The molecular formula is C16H19ClFNO2. The van der Waals surface area contributed by atoms with Crippen LogP contribution in [0.25, 0.3) is 0 Å². The largest absolute Gasteiger partial charge is 0.396 e. The highest BCUT2D eigenvalue weighted by atomic mass is 35.5. The molecule has 4 rings (SSSR count). The van der Waals surface area contributed by atoms with E-state index in [9.17, 15) is 9.50 Å². The first-order valence-electron chi connectivity index (χ1n) is 7.56.